The molecule has 2 aromatic rings. The first-order valence-corrected chi connectivity index (χ1v) is 12.3. The topological polar surface area (TPSA) is 18.5 Å². The highest BCUT2D eigenvalue weighted by atomic mass is 27.2. The zero-order valence-corrected chi connectivity index (χ0v) is 23.0. The normalized spacial score (nSPS) is 13.2. The summed E-state index contributed by atoms with van der Waals surface area (Å²) in [6.07, 6.45) is 0. The lowest BCUT2D eigenvalue weighted by Crippen LogP contribution is -2.25. The fourth-order valence-corrected chi connectivity index (χ4v) is 4.56. The molecule has 2 rings (SSSR count). The summed E-state index contributed by atoms with van der Waals surface area (Å²) in [5, 5.41) is 0. The van der Waals surface area contributed by atoms with Gasteiger partial charge < -0.3 is 7.58 Å². The number of hydrogen-bond donors (Lipinski definition) is 0. The number of para-hydroxylation sites is 2. The van der Waals surface area contributed by atoms with Crippen molar-refractivity contribution in [3.05, 3.63) is 58.7 Å². The molecule has 0 aliphatic heterocycles. The van der Waals surface area contributed by atoms with Gasteiger partial charge in [0, 0.05) is 0 Å². The molecule has 0 amide bonds. The predicted octanol–water partition coefficient (Wildman–Crippen LogP) is 7.87. The Balaban J connectivity index is 2.47. The van der Waals surface area contributed by atoms with Gasteiger partial charge in [-0.25, -0.2) is 0 Å². The van der Waals surface area contributed by atoms with E-state index in [2.05, 4.69) is 119 Å². The van der Waals surface area contributed by atoms with Crippen LogP contribution in [0.1, 0.15) is 105 Å². The molecule has 2 aromatic carbocycles. The maximum atomic E-state index is 6.52. The largest absolute Gasteiger partial charge is 0.881 e. The van der Waals surface area contributed by atoms with E-state index in [1.54, 1.807) is 0 Å². The molecule has 0 aliphatic carbocycles. The molecule has 0 spiro atoms. The van der Waals surface area contributed by atoms with Crippen molar-refractivity contribution in [2.45, 2.75) is 105 Å². The Bertz CT molecular complexity index is 761. The van der Waals surface area contributed by atoms with Gasteiger partial charge in [0.25, 0.3) is 0 Å². The highest BCUT2D eigenvalue weighted by Crippen LogP contribution is 2.41. The average Bonchev–Trinajstić information content (AvgIpc) is 2.58. The fraction of sp³-hybridized carbons (Fsp3) is 0.571. The molecule has 0 heterocycles. The summed E-state index contributed by atoms with van der Waals surface area (Å²) in [6, 6.07) is 13.1. The summed E-state index contributed by atoms with van der Waals surface area (Å²) in [4.78, 5) is 0. The first-order chi connectivity index (χ1) is 13.9. The molecule has 2 nitrogen and oxygen atoms in total. The van der Waals surface area contributed by atoms with E-state index in [1.165, 1.54) is 22.3 Å². The summed E-state index contributed by atoms with van der Waals surface area (Å²) < 4.78 is 13.0. The van der Waals surface area contributed by atoms with Crippen LogP contribution in [0.3, 0.4) is 0 Å². The maximum Gasteiger partial charge on any atom is 0.881 e. The van der Waals surface area contributed by atoms with E-state index in [4.69, 9.17) is 7.58 Å². The van der Waals surface area contributed by atoms with Crippen LogP contribution in [-0.2, 0) is 21.7 Å². The third-order valence-corrected chi connectivity index (χ3v) is 6.26. The van der Waals surface area contributed by atoms with E-state index in [0.717, 1.165) is 11.5 Å². The smallest absolute Gasteiger partial charge is 0.615 e. The average molecular weight is 438 g/mol. The molecule has 0 saturated carbocycles. The molecule has 0 aliphatic rings. The Morgan fingerprint density at radius 2 is 0.677 bits per heavy atom. The minimum atomic E-state index is -0.707. The molecule has 0 aromatic heterocycles. The summed E-state index contributed by atoms with van der Waals surface area (Å²) in [5.74, 6) is 1.98. The highest BCUT2D eigenvalue weighted by molar-refractivity contribution is 6.21. The van der Waals surface area contributed by atoms with E-state index in [1.807, 2.05) is 0 Å². The molecular formula is C28H42AlO2. The lowest BCUT2D eigenvalue weighted by atomic mass is 9.79. The predicted molar refractivity (Wildman–Crippen MR) is 135 cm³/mol. The second-order valence-corrected chi connectivity index (χ2v) is 13.4. The summed E-state index contributed by atoms with van der Waals surface area (Å²) in [7, 11) is 0. The number of benzene rings is 2. The Kier molecular flexibility index (Phi) is 7.37. The second kappa shape index (κ2) is 8.84. The first-order valence-electron chi connectivity index (χ1n) is 11.4. The molecular weight excluding hydrogens is 395 g/mol. The summed E-state index contributed by atoms with van der Waals surface area (Å²) in [5.41, 5.74) is 4.91. The molecule has 0 bridgehead atoms. The van der Waals surface area contributed by atoms with Crippen molar-refractivity contribution in [3.63, 3.8) is 0 Å². The third-order valence-electron chi connectivity index (χ3n) is 5.59. The minimum absolute atomic E-state index is 0.00405. The van der Waals surface area contributed by atoms with Gasteiger partial charge in [0.2, 0.25) is 0 Å². The van der Waals surface area contributed by atoms with Crippen LogP contribution < -0.4 is 7.58 Å². The first kappa shape index (κ1) is 25.8. The molecule has 3 heteroatoms. The van der Waals surface area contributed by atoms with Crippen molar-refractivity contribution in [1.82, 2.24) is 0 Å². The van der Waals surface area contributed by atoms with Crippen LogP contribution in [0.4, 0.5) is 0 Å². The van der Waals surface area contributed by atoms with Crippen LogP contribution in [-0.4, -0.2) is 15.9 Å². The van der Waals surface area contributed by atoms with Crippen LogP contribution in [0.25, 0.3) is 0 Å². The SMILES string of the molecule is CC(C)(C)c1cccc(C(C)(C)C)c1[O][Al][O]c1c(C(C)(C)C)cccc1C(C)(C)C. The molecule has 1 radical (unpaired) electrons. The third kappa shape index (κ3) is 6.30. The van der Waals surface area contributed by atoms with Crippen molar-refractivity contribution in [2.24, 2.45) is 0 Å². The van der Waals surface area contributed by atoms with Gasteiger partial charge in [-0.05, 0) is 43.9 Å². The van der Waals surface area contributed by atoms with E-state index in [0.29, 0.717) is 0 Å². The van der Waals surface area contributed by atoms with Gasteiger partial charge in [0.1, 0.15) is 0 Å². The van der Waals surface area contributed by atoms with E-state index in [-0.39, 0.29) is 21.7 Å². The van der Waals surface area contributed by atoms with E-state index >= 15 is 0 Å². The van der Waals surface area contributed by atoms with Crippen LogP contribution in [0, 0.1) is 0 Å². The maximum absolute atomic E-state index is 6.52. The number of hydrogen-bond acceptors (Lipinski definition) is 2. The minimum Gasteiger partial charge on any atom is -0.615 e. The van der Waals surface area contributed by atoms with Gasteiger partial charge in [0.15, 0.2) is 0 Å². The van der Waals surface area contributed by atoms with Crippen LogP contribution in [0.5, 0.6) is 11.5 Å². The second-order valence-electron chi connectivity index (χ2n) is 12.7. The van der Waals surface area contributed by atoms with E-state index in [9.17, 15) is 0 Å². The van der Waals surface area contributed by atoms with Gasteiger partial charge >= 0.3 is 15.9 Å². The van der Waals surface area contributed by atoms with Crippen molar-refractivity contribution in [3.8, 4) is 11.5 Å². The van der Waals surface area contributed by atoms with Gasteiger partial charge in [0.05, 0.1) is 11.5 Å². The van der Waals surface area contributed by atoms with Crippen molar-refractivity contribution < 1.29 is 7.58 Å². The molecule has 0 N–H and O–H groups in total. The van der Waals surface area contributed by atoms with Gasteiger partial charge in [-0.1, -0.05) is 119 Å². The quantitative estimate of drug-likeness (QED) is 0.453. The van der Waals surface area contributed by atoms with Crippen LogP contribution in [0.2, 0.25) is 0 Å². The Morgan fingerprint density at radius 1 is 0.452 bits per heavy atom. The summed E-state index contributed by atoms with van der Waals surface area (Å²) in [6.45, 7) is 26.9. The van der Waals surface area contributed by atoms with Gasteiger partial charge in [-0.15, -0.1) is 0 Å². The zero-order valence-electron chi connectivity index (χ0n) is 21.9. The molecule has 0 fully saturated rings. The molecule has 0 saturated heterocycles. The van der Waals surface area contributed by atoms with Crippen molar-refractivity contribution in [1.29, 1.82) is 0 Å². The molecule has 0 atom stereocenters. The summed E-state index contributed by atoms with van der Waals surface area (Å²) >= 11 is -0.707. The van der Waals surface area contributed by atoms with Crippen molar-refractivity contribution >= 4 is 15.9 Å². The highest BCUT2D eigenvalue weighted by Gasteiger charge is 2.30. The van der Waals surface area contributed by atoms with Gasteiger partial charge in [-0.2, -0.15) is 0 Å². The number of rotatable bonds is 4. The van der Waals surface area contributed by atoms with Gasteiger partial charge in [-0.3, -0.25) is 0 Å². The molecule has 0 unspecified atom stereocenters. The fourth-order valence-electron chi connectivity index (χ4n) is 3.81. The molecule has 169 valence electrons. The monoisotopic (exact) mass is 437 g/mol. The van der Waals surface area contributed by atoms with Crippen LogP contribution in [0.15, 0.2) is 36.4 Å². The Hall–Kier alpha value is -1.43. The molecule has 31 heavy (non-hydrogen) atoms. The van der Waals surface area contributed by atoms with Crippen molar-refractivity contribution in [2.75, 3.05) is 0 Å². The zero-order chi connectivity index (χ0) is 23.8. The lowest BCUT2D eigenvalue weighted by molar-refractivity contribution is 0.414. The Morgan fingerprint density at radius 3 is 0.871 bits per heavy atom. The van der Waals surface area contributed by atoms with E-state index < -0.39 is 15.9 Å². The lowest BCUT2D eigenvalue weighted by Gasteiger charge is -2.32. The Labute approximate surface area is 198 Å². The standard InChI is InChI=1S/2C14H22O.Al/c2*1-13(2,3)10-8-7-9-11(12(10)15)14(4,5)6;/h2*7-9,15H,1-6H3;/q;;+2/p-2. The van der Waals surface area contributed by atoms with Crippen LogP contribution >= 0.6 is 0 Å².